The number of rotatable bonds is 7. The van der Waals surface area contributed by atoms with Gasteiger partial charge in [0.2, 0.25) is 0 Å². The molecule has 0 amide bonds. The third kappa shape index (κ3) is 5.11. The SMILES string of the molecule is CCOC(=O)Cc1ccc([B]OC(C)(C)C(C)(C)O)cc1F. The lowest BCUT2D eigenvalue weighted by molar-refractivity contribution is -0.142. The third-order valence-electron chi connectivity index (χ3n) is 3.68. The zero-order chi connectivity index (χ0) is 17.0. The van der Waals surface area contributed by atoms with Crippen molar-refractivity contribution in [2.24, 2.45) is 0 Å². The molecule has 0 bridgehead atoms. The molecule has 0 atom stereocenters. The average molecular weight is 309 g/mol. The molecule has 6 heteroatoms. The maximum atomic E-state index is 14.0. The lowest BCUT2D eigenvalue weighted by Gasteiger charge is -2.37. The Bertz CT molecular complexity index is 523. The Morgan fingerprint density at radius 1 is 1.32 bits per heavy atom. The zero-order valence-electron chi connectivity index (χ0n) is 13.8. The van der Waals surface area contributed by atoms with Gasteiger partial charge in [0.05, 0.1) is 24.2 Å². The van der Waals surface area contributed by atoms with Gasteiger partial charge in [-0.2, -0.15) is 0 Å². The van der Waals surface area contributed by atoms with E-state index in [0.717, 1.165) is 0 Å². The van der Waals surface area contributed by atoms with Gasteiger partial charge < -0.3 is 14.5 Å². The molecule has 1 rings (SSSR count). The van der Waals surface area contributed by atoms with Crippen molar-refractivity contribution in [3.8, 4) is 0 Å². The number of hydrogen-bond donors (Lipinski definition) is 1. The van der Waals surface area contributed by atoms with Gasteiger partial charge in [-0.25, -0.2) is 4.39 Å². The smallest absolute Gasteiger partial charge is 0.331 e. The van der Waals surface area contributed by atoms with E-state index < -0.39 is 23.0 Å². The lowest BCUT2D eigenvalue weighted by Crippen LogP contribution is -2.49. The van der Waals surface area contributed by atoms with E-state index in [1.807, 2.05) is 0 Å². The highest BCUT2D eigenvalue weighted by molar-refractivity contribution is 6.47. The number of aliphatic hydroxyl groups is 1. The predicted octanol–water partition coefficient (Wildman–Crippen LogP) is 1.74. The monoisotopic (exact) mass is 309 g/mol. The van der Waals surface area contributed by atoms with Gasteiger partial charge in [0.1, 0.15) is 5.82 Å². The molecule has 0 fully saturated rings. The third-order valence-corrected chi connectivity index (χ3v) is 3.68. The van der Waals surface area contributed by atoms with Gasteiger partial charge in [0.25, 0.3) is 0 Å². The first-order valence-corrected chi connectivity index (χ1v) is 7.24. The summed E-state index contributed by atoms with van der Waals surface area (Å²) in [5.74, 6) is -0.955. The fourth-order valence-corrected chi connectivity index (χ4v) is 1.51. The van der Waals surface area contributed by atoms with Crippen molar-refractivity contribution in [1.82, 2.24) is 0 Å². The van der Waals surface area contributed by atoms with Crippen molar-refractivity contribution in [1.29, 1.82) is 0 Å². The van der Waals surface area contributed by atoms with Crippen LogP contribution in [0.3, 0.4) is 0 Å². The minimum atomic E-state index is -1.05. The number of carbonyl (C=O) groups excluding carboxylic acids is 1. The fourth-order valence-electron chi connectivity index (χ4n) is 1.51. The second-order valence-corrected chi connectivity index (χ2v) is 6.14. The average Bonchev–Trinajstić information content (AvgIpc) is 2.38. The van der Waals surface area contributed by atoms with Gasteiger partial charge in [-0.15, -0.1) is 0 Å². The van der Waals surface area contributed by atoms with E-state index in [2.05, 4.69) is 0 Å². The van der Waals surface area contributed by atoms with E-state index in [0.29, 0.717) is 5.46 Å². The molecule has 0 aromatic heterocycles. The molecule has 1 radical (unpaired) electrons. The molecular formula is C16H23BFO4. The van der Waals surface area contributed by atoms with Gasteiger partial charge in [-0.3, -0.25) is 4.79 Å². The summed E-state index contributed by atoms with van der Waals surface area (Å²) < 4.78 is 24.3. The minimum Gasteiger partial charge on any atom is -0.466 e. The first-order valence-electron chi connectivity index (χ1n) is 7.24. The molecule has 1 aromatic rings. The van der Waals surface area contributed by atoms with E-state index in [4.69, 9.17) is 9.39 Å². The Morgan fingerprint density at radius 2 is 1.95 bits per heavy atom. The van der Waals surface area contributed by atoms with Crippen molar-refractivity contribution in [2.45, 2.75) is 52.2 Å². The molecule has 121 valence electrons. The van der Waals surface area contributed by atoms with Gasteiger partial charge in [-0.1, -0.05) is 17.6 Å². The summed E-state index contributed by atoms with van der Waals surface area (Å²) in [5.41, 5.74) is -1.08. The molecule has 0 aliphatic heterocycles. The van der Waals surface area contributed by atoms with E-state index in [9.17, 15) is 14.3 Å². The summed E-state index contributed by atoms with van der Waals surface area (Å²) >= 11 is 0. The quantitative estimate of drug-likeness (QED) is 0.616. The fraction of sp³-hybridized carbons (Fsp3) is 0.562. The summed E-state index contributed by atoms with van der Waals surface area (Å²) in [4.78, 5) is 11.4. The van der Waals surface area contributed by atoms with Crippen molar-refractivity contribution >= 4 is 18.9 Å². The van der Waals surface area contributed by atoms with Crippen molar-refractivity contribution < 1.29 is 23.7 Å². The van der Waals surface area contributed by atoms with Crippen LogP contribution < -0.4 is 5.46 Å². The van der Waals surface area contributed by atoms with E-state index in [1.165, 1.54) is 19.6 Å². The standard InChI is InChI=1S/C16H23BFO4/c1-6-21-14(19)9-11-7-8-12(10-13(11)18)17-22-16(4,5)15(2,3)20/h7-8,10,20H,6,9H2,1-5H3. The Hall–Kier alpha value is -1.40. The summed E-state index contributed by atoms with van der Waals surface area (Å²) in [6.45, 7) is 8.75. The number of carbonyl (C=O) groups is 1. The van der Waals surface area contributed by atoms with Gasteiger partial charge >= 0.3 is 13.5 Å². The zero-order valence-corrected chi connectivity index (χ0v) is 13.8. The van der Waals surface area contributed by atoms with E-state index in [-0.39, 0.29) is 18.6 Å². The van der Waals surface area contributed by atoms with E-state index >= 15 is 0 Å². The second kappa shape index (κ2) is 7.25. The lowest BCUT2D eigenvalue weighted by atomic mass is 9.82. The largest absolute Gasteiger partial charge is 0.466 e. The number of esters is 1. The molecule has 1 N–H and O–H groups in total. The molecule has 0 aliphatic rings. The Morgan fingerprint density at radius 3 is 2.45 bits per heavy atom. The topological polar surface area (TPSA) is 55.8 Å². The molecule has 22 heavy (non-hydrogen) atoms. The van der Waals surface area contributed by atoms with Crippen LogP contribution in [-0.4, -0.2) is 36.4 Å². The minimum absolute atomic E-state index is 0.101. The molecule has 0 unspecified atom stereocenters. The van der Waals surface area contributed by atoms with Crippen LogP contribution in [0, 0.1) is 5.82 Å². The molecule has 4 nitrogen and oxygen atoms in total. The van der Waals surface area contributed by atoms with Gasteiger partial charge in [0.15, 0.2) is 0 Å². The number of benzene rings is 1. The molecular weight excluding hydrogens is 286 g/mol. The number of ether oxygens (including phenoxy) is 1. The predicted molar refractivity (Wildman–Crippen MR) is 83.6 cm³/mol. The van der Waals surface area contributed by atoms with Crippen LogP contribution in [-0.2, 0) is 20.6 Å². The van der Waals surface area contributed by atoms with Gasteiger partial charge in [0, 0.05) is 0 Å². The Balaban J connectivity index is 2.72. The molecule has 0 spiro atoms. The highest BCUT2D eigenvalue weighted by Crippen LogP contribution is 2.24. The van der Waals surface area contributed by atoms with Crippen LogP contribution in [0.4, 0.5) is 4.39 Å². The first-order chi connectivity index (χ1) is 10.1. The van der Waals surface area contributed by atoms with Crippen LogP contribution >= 0.6 is 0 Å². The van der Waals surface area contributed by atoms with Crippen molar-refractivity contribution in [2.75, 3.05) is 6.61 Å². The highest BCUT2D eigenvalue weighted by atomic mass is 19.1. The molecule has 0 heterocycles. The summed E-state index contributed by atoms with van der Waals surface area (Å²) in [5, 5.41) is 10.0. The number of halogens is 1. The summed E-state index contributed by atoms with van der Waals surface area (Å²) in [7, 11) is 1.40. The second-order valence-electron chi connectivity index (χ2n) is 6.14. The maximum absolute atomic E-state index is 14.0. The van der Waals surface area contributed by atoms with Crippen LogP contribution in [0.25, 0.3) is 0 Å². The highest BCUT2D eigenvalue weighted by Gasteiger charge is 2.35. The summed E-state index contributed by atoms with van der Waals surface area (Å²) in [6.07, 6.45) is -0.101. The molecule has 0 aliphatic carbocycles. The molecule has 0 saturated heterocycles. The Labute approximate surface area is 131 Å². The molecule has 1 aromatic carbocycles. The van der Waals surface area contributed by atoms with E-state index in [1.54, 1.807) is 40.7 Å². The summed E-state index contributed by atoms with van der Waals surface area (Å²) in [6, 6.07) is 4.46. The van der Waals surface area contributed by atoms with Crippen LogP contribution in [0.2, 0.25) is 0 Å². The van der Waals surface area contributed by atoms with Crippen LogP contribution in [0.5, 0.6) is 0 Å². The Kier molecular flexibility index (Phi) is 6.14. The number of hydrogen-bond acceptors (Lipinski definition) is 4. The van der Waals surface area contributed by atoms with Crippen LogP contribution in [0.15, 0.2) is 18.2 Å². The first kappa shape index (κ1) is 18.7. The van der Waals surface area contributed by atoms with Crippen molar-refractivity contribution in [3.05, 3.63) is 29.6 Å². The van der Waals surface area contributed by atoms with Crippen LogP contribution in [0.1, 0.15) is 40.2 Å². The normalized spacial score (nSPS) is 12.1. The maximum Gasteiger partial charge on any atom is 0.331 e. The molecule has 0 saturated carbocycles. The van der Waals surface area contributed by atoms with Gasteiger partial charge in [-0.05, 0) is 46.2 Å². The van der Waals surface area contributed by atoms with Crippen molar-refractivity contribution in [3.63, 3.8) is 0 Å².